The van der Waals surface area contributed by atoms with Crippen LogP contribution in [0.2, 0.25) is 0 Å². The normalized spacial score (nSPS) is 45.6. The van der Waals surface area contributed by atoms with E-state index >= 15 is 0 Å². The molecule has 0 aromatic heterocycles. The van der Waals surface area contributed by atoms with Crippen molar-refractivity contribution in [3.63, 3.8) is 0 Å². The molecule has 0 aromatic rings. The molecule has 6 N–H and O–H groups in total. The Balaban J connectivity index is 2.11. The highest BCUT2D eigenvalue weighted by Crippen LogP contribution is 2.37. The third-order valence-corrected chi connectivity index (χ3v) is 3.77. The monoisotopic (exact) mass is 224 g/mol. The van der Waals surface area contributed by atoms with Crippen molar-refractivity contribution in [2.45, 2.75) is 37.2 Å². The van der Waals surface area contributed by atoms with E-state index in [-0.39, 0.29) is 18.0 Å². The van der Waals surface area contributed by atoms with Crippen LogP contribution in [0.4, 0.5) is 0 Å². The molecule has 3 rings (SSSR count). The minimum atomic E-state index is -0.678. The topological polar surface area (TPSA) is 110 Å². The van der Waals surface area contributed by atoms with E-state index in [9.17, 15) is 5.11 Å². The summed E-state index contributed by atoms with van der Waals surface area (Å²) in [5, 5.41) is 23.9. The van der Waals surface area contributed by atoms with Gasteiger partial charge in [0.15, 0.2) is 17.6 Å². The van der Waals surface area contributed by atoms with Gasteiger partial charge in [0.1, 0.15) is 0 Å². The molecular formula is C9H16N6O. The van der Waals surface area contributed by atoms with E-state index in [1.54, 1.807) is 0 Å². The van der Waals surface area contributed by atoms with E-state index in [1.807, 2.05) is 11.8 Å². The van der Waals surface area contributed by atoms with Crippen molar-refractivity contribution in [3.05, 3.63) is 0 Å². The second-order valence-corrected chi connectivity index (χ2v) is 4.63. The van der Waals surface area contributed by atoms with Crippen LogP contribution in [0, 0.1) is 5.41 Å². The maximum Gasteiger partial charge on any atom is 0.193 e. The van der Waals surface area contributed by atoms with Gasteiger partial charge in [-0.3, -0.25) is 5.41 Å². The SMILES string of the molecule is C[C@H]1N=C(N)N2CC[C@@H](O)[C@]23NC(=N)N[C@H]13. The average Bonchev–Trinajstić information content (AvgIpc) is 2.70. The molecule has 2 fully saturated rings. The molecule has 0 amide bonds. The Labute approximate surface area is 93.2 Å². The lowest BCUT2D eigenvalue weighted by atomic mass is 9.90. The minimum absolute atomic E-state index is 0.0562. The second kappa shape index (κ2) is 2.79. The maximum absolute atomic E-state index is 10.2. The summed E-state index contributed by atoms with van der Waals surface area (Å²) in [4.78, 5) is 6.21. The van der Waals surface area contributed by atoms with Crippen LogP contribution >= 0.6 is 0 Å². The molecule has 0 saturated carbocycles. The molecule has 3 heterocycles. The van der Waals surface area contributed by atoms with E-state index in [0.29, 0.717) is 18.9 Å². The van der Waals surface area contributed by atoms with Crippen LogP contribution in [0.5, 0.6) is 0 Å². The lowest BCUT2D eigenvalue weighted by Gasteiger charge is -2.45. The van der Waals surface area contributed by atoms with Gasteiger partial charge >= 0.3 is 0 Å². The third kappa shape index (κ3) is 0.915. The fourth-order valence-electron chi connectivity index (χ4n) is 3.09. The quantitative estimate of drug-likeness (QED) is 0.326. The minimum Gasteiger partial charge on any atom is -0.389 e. The lowest BCUT2D eigenvalue weighted by molar-refractivity contribution is 0.0233. The predicted octanol–water partition coefficient (Wildman–Crippen LogP) is -2.04. The Morgan fingerprint density at radius 2 is 2.44 bits per heavy atom. The number of hydrogen-bond acceptors (Lipinski definition) is 5. The van der Waals surface area contributed by atoms with Gasteiger partial charge in [0.2, 0.25) is 0 Å². The summed E-state index contributed by atoms with van der Waals surface area (Å²) >= 11 is 0. The maximum atomic E-state index is 10.2. The Hall–Kier alpha value is -1.50. The molecule has 88 valence electrons. The molecular weight excluding hydrogens is 208 g/mol. The van der Waals surface area contributed by atoms with Crippen LogP contribution < -0.4 is 16.4 Å². The van der Waals surface area contributed by atoms with E-state index in [0.717, 1.165) is 0 Å². The van der Waals surface area contributed by atoms with Crippen molar-refractivity contribution >= 4 is 11.9 Å². The first-order valence-electron chi connectivity index (χ1n) is 5.48. The number of nitrogens with zero attached hydrogens (tertiary/aromatic N) is 2. The van der Waals surface area contributed by atoms with Crippen LogP contribution in [-0.2, 0) is 0 Å². The third-order valence-electron chi connectivity index (χ3n) is 3.77. The van der Waals surface area contributed by atoms with Crippen LogP contribution in [0.1, 0.15) is 13.3 Å². The Kier molecular flexibility index (Phi) is 1.69. The van der Waals surface area contributed by atoms with E-state index < -0.39 is 11.8 Å². The van der Waals surface area contributed by atoms with E-state index in [4.69, 9.17) is 11.1 Å². The first-order valence-corrected chi connectivity index (χ1v) is 5.48. The van der Waals surface area contributed by atoms with Crippen LogP contribution in [-0.4, -0.2) is 52.3 Å². The van der Waals surface area contributed by atoms with Crippen LogP contribution in [0.25, 0.3) is 0 Å². The highest BCUT2D eigenvalue weighted by atomic mass is 16.3. The highest BCUT2D eigenvalue weighted by molar-refractivity contribution is 5.87. The molecule has 7 heteroatoms. The Bertz CT molecular complexity index is 382. The highest BCUT2D eigenvalue weighted by Gasteiger charge is 2.62. The van der Waals surface area contributed by atoms with E-state index in [2.05, 4.69) is 15.6 Å². The van der Waals surface area contributed by atoms with Gasteiger partial charge < -0.3 is 26.4 Å². The van der Waals surface area contributed by atoms with Crippen molar-refractivity contribution in [2.24, 2.45) is 10.7 Å². The van der Waals surface area contributed by atoms with Gasteiger partial charge in [0, 0.05) is 6.54 Å². The number of guanidine groups is 2. The summed E-state index contributed by atoms with van der Waals surface area (Å²) < 4.78 is 0. The summed E-state index contributed by atoms with van der Waals surface area (Å²) in [5.74, 6) is 0.678. The zero-order chi connectivity index (χ0) is 11.5. The fraction of sp³-hybridized carbons (Fsp3) is 0.778. The van der Waals surface area contributed by atoms with Crippen LogP contribution in [0.3, 0.4) is 0 Å². The number of aliphatic imine (C=N–C) groups is 1. The summed E-state index contributed by atoms with van der Waals surface area (Å²) in [6.45, 7) is 2.61. The summed E-state index contributed by atoms with van der Waals surface area (Å²) in [6, 6.07) is -0.163. The van der Waals surface area contributed by atoms with Gasteiger partial charge in [-0.25, -0.2) is 4.99 Å². The molecule has 4 atom stereocenters. The number of nitrogens with two attached hydrogens (primary N) is 1. The number of nitrogens with one attached hydrogen (secondary N) is 3. The predicted molar refractivity (Wildman–Crippen MR) is 58.9 cm³/mol. The average molecular weight is 224 g/mol. The zero-order valence-corrected chi connectivity index (χ0v) is 9.07. The standard InChI is InChI=1S/C9H16N6O/c1-4-6-9(14-7(10)13-6)5(16)2-3-15(9)8(11)12-4/h4-6,16H,2-3H2,1H3,(H2,11,12)(H3,10,13,14)/t4-,5-,6-,9+/m1/s1. The summed E-state index contributed by atoms with van der Waals surface area (Å²) in [6.07, 6.45) is 0.103. The molecule has 7 nitrogen and oxygen atoms in total. The first kappa shape index (κ1) is 9.71. The van der Waals surface area contributed by atoms with Crippen molar-refractivity contribution < 1.29 is 5.11 Å². The molecule has 1 spiro atoms. The smallest absolute Gasteiger partial charge is 0.193 e. The van der Waals surface area contributed by atoms with Crippen molar-refractivity contribution in [3.8, 4) is 0 Å². The molecule has 2 saturated heterocycles. The van der Waals surface area contributed by atoms with Crippen molar-refractivity contribution in [2.75, 3.05) is 6.54 Å². The zero-order valence-electron chi connectivity index (χ0n) is 9.07. The number of aliphatic hydroxyl groups excluding tert-OH is 1. The van der Waals surface area contributed by atoms with Crippen molar-refractivity contribution in [1.82, 2.24) is 15.5 Å². The Morgan fingerprint density at radius 1 is 1.69 bits per heavy atom. The van der Waals surface area contributed by atoms with Crippen LogP contribution in [0.15, 0.2) is 4.99 Å². The molecule has 0 radical (unpaired) electrons. The summed E-state index contributed by atoms with van der Waals surface area (Å²) in [5.41, 5.74) is 5.22. The van der Waals surface area contributed by atoms with Gasteiger partial charge in [-0.05, 0) is 13.3 Å². The van der Waals surface area contributed by atoms with Crippen molar-refractivity contribution in [1.29, 1.82) is 5.41 Å². The number of aliphatic hydroxyl groups is 1. The molecule has 0 aliphatic carbocycles. The molecule has 16 heavy (non-hydrogen) atoms. The molecule has 0 aromatic carbocycles. The lowest BCUT2D eigenvalue weighted by Crippen LogP contribution is -2.71. The second-order valence-electron chi connectivity index (χ2n) is 4.63. The molecule has 3 aliphatic rings. The van der Waals surface area contributed by atoms with E-state index in [1.165, 1.54) is 0 Å². The largest absolute Gasteiger partial charge is 0.389 e. The van der Waals surface area contributed by atoms with Gasteiger partial charge in [0.25, 0.3) is 0 Å². The molecule has 3 aliphatic heterocycles. The molecule has 0 unspecified atom stereocenters. The number of hydrogen-bond donors (Lipinski definition) is 5. The van der Waals surface area contributed by atoms with Gasteiger partial charge in [-0.15, -0.1) is 0 Å². The fourth-order valence-corrected chi connectivity index (χ4v) is 3.09. The summed E-state index contributed by atoms with van der Waals surface area (Å²) in [7, 11) is 0. The molecule has 0 bridgehead atoms. The van der Waals surface area contributed by atoms with Gasteiger partial charge in [-0.1, -0.05) is 0 Å². The first-order chi connectivity index (χ1) is 7.55. The van der Waals surface area contributed by atoms with Gasteiger partial charge in [-0.2, -0.15) is 0 Å². The number of rotatable bonds is 0. The Morgan fingerprint density at radius 3 is 3.19 bits per heavy atom. The van der Waals surface area contributed by atoms with Gasteiger partial charge in [0.05, 0.1) is 18.2 Å².